The molecule has 2 aliphatic rings. The Bertz CT molecular complexity index is 248. The predicted octanol–water partition coefficient (Wildman–Crippen LogP) is 1.78. The van der Waals surface area contributed by atoms with Crippen LogP contribution >= 0.6 is 0 Å². The van der Waals surface area contributed by atoms with E-state index in [4.69, 9.17) is 0 Å². The van der Waals surface area contributed by atoms with Crippen LogP contribution in [0.15, 0.2) is 0 Å². The summed E-state index contributed by atoms with van der Waals surface area (Å²) in [6, 6.07) is 0.545. The third kappa shape index (κ3) is 2.24. The molecule has 0 spiro atoms. The van der Waals surface area contributed by atoms with Gasteiger partial charge in [0.25, 0.3) is 0 Å². The Kier molecular flexibility index (Phi) is 3.85. The minimum Gasteiger partial charge on any atom is -0.338 e. The minimum atomic E-state index is 0.0845. The highest BCUT2D eigenvalue weighted by Crippen LogP contribution is 2.33. The number of carbonyl (C=O) groups is 1. The van der Waals surface area contributed by atoms with Crippen LogP contribution in [0.2, 0.25) is 0 Å². The highest BCUT2D eigenvalue weighted by atomic mass is 16.2. The zero-order valence-corrected chi connectivity index (χ0v) is 10.5. The molecule has 92 valence electrons. The highest BCUT2D eigenvalue weighted by molar-refractivity contribution is 5.82. The molecule has 1 heterocycles. The number of hydrogen-bond donors (Lipinski definition) is 1. The Hall–Kier alpha value is -0.570. The van der Waals surface area contributed by atoms with Crippen LogP contribution in [0.5, 0.6) is 0 Å². The molecule has 0 aromatic heterocycles. The van der Waals surface area contributed by atoms with Gasteiger partial charge in [0.05, 0.1) is 6.04 Å². The maximum Gasteiger partial charge on any atom is 0.239 e. The first-order valence-corrected chi connectivity index (χ1v) is 6.78. The average Bonchev–Trinajstić information content (AvgIpc) is 2.18. The molecule has 3 nitrogen and oxygen atoms in total. The first-order valence-electron chi connectivity index (χ1n) is 6.78. The van der Waals surface area contributed by atoms with E-state index in [1.807, 2.05) is 0 Å². The molecule has 2 fully saturated rings. The van der Waals surface area contributed by atoms with Gasteiger partial charge >= 0.3 is 0 Å². The normalized spacial score (nSPS) is 29.0. The maximum absolute atomic E-state index is 12.3. The van der Waals surface area contributed by atoms with Gasteiger partial charge in [0.15, 0.2) is 0 Å². The Morgan fingerprint density at radius 1 is 1.38 bits per heavy atom. The number of carbonyl (C=O) groups excluding carboxylic acids is 1. The number of piperidine rings is 1. The summed E-state index contributed by atoms with van der Waals surface area (Å²) in [6.45, 7) is 6.16. The second kappa shape index (κ2) is 5.17. The summed E-state index contributed by atoms with van der Waals surface area (Å²) in [5.41, 5.74) is 0. The third-order valence-electron chi connectivity index (χ3n) is 4.25. The molecule has 1 saturated carbocycles. The molecule has 2 atom stereocenters. The molecule has 2 rings (SSSR count). The fraction of sp³-hybridized carbons (Fsp3) is 0.923. The van der Waals surface area contributed by atoms with Crippen molar-refractivity contribution < 1.29 is 4.79 Å². The summed E-state index contributed by atoms with van der Waals surface area (Å²) in [5, 5.41) is 3.30. The number of likely N-dealkylation sites (tertiary alicyclic amines) is 1. The molecule has 0 radical (unpaired) electrons. The lowest BCUT2D eigenvalue weighted by atomic mass is 9.79. The quantitative estimate of drug-likeness (QED) is 0.789. The van der Waals surface area contributed by atoms with Gasteiger partial charge in [0.1, 0.15) is 0 Å². The van der Waals surface area contributed by atoms with E-state index in [0.717, 1.165) is 31.8 Å². The molecule has 2 unspecified atom stereocenters. The minimum absolute atomic E-state index is 0.0845. The van der Waals surface area contributed by atoms with E-state index in [9.17, 15) is 4.79 Å². The Balaban J connectivity index is 1.94. The topological polar surface area (TPSA) is 32.3 Å². The van der Waals surface area contributed by atoms with Crippen LogP contribution in [0, 0.1) is 5.92 Å². The van der Waals surface area contributed by atoms with E-state index in [1.165, 1.54) is 19.3 Å². The largest absolute Gasteiger partial charge is 0.338 e. The molecule has 3 heteroatoms. The number of nitrogens with one attached hydrogen (secondary N) is 1. The van der Waals surface area contributed by atoms with E-state index in [0.29, 0.717) is 11.9 Å². The first kappa shape index (κ1) is 11.9. The van der Waals surface area contributed by atoms with Crippen molar-refractivity contribution in [1.82, 2.24) is 10.2 Å². The van der Waals surface area contributed by atoms with Crippen LogP contribution in [0.3, 0.4) is 0 Å². The van der Waals surface area contributed by atoms with Crippen molar-refractivity contribution in [2.45, 2.75) is 58.0 Å². The zero-order chi connectivity index (χ0) is 11.5. The van der Waals surface area contributed by atoms with Crippen LogP contribution < -0.4 is 5.32 Å². The van der Waals surface area contributed by atoms with Crippen molar-refractivity contribution in [3.63, 3.8) is 0 Å². The van der Waals surface area contributed by atoms with Gasteiger partial charge in [-0.3, -0.25) is 4.79 Å². The van der Waals surface area contributed by atoms with E-state index < -0.39 is 0 Å². The summed E-state index contributed by atoms with van der Waals surface area (Å²) in [7, 11) is 0. The van der Waals surface area contributed by atoms with E-state index in [1.54, 1.807) is 0 Å². The predicted molar refractivity (Wildman–Crippen MR) is 65.2 cm³/mol. The van der Waals surface area contributed by atoms with Gasteiger partial charge in [-0.1, -0.05) is 13.3 Å². The van der Waals surface area contributed by atoms with Crippen LogP contribution in [-0.2, 0) is 4.79 Å². The summed E-state index contributed by atoms with van der Waals surface area (Å²) < 4.78 is 0. The molecule has 0 aromatic carbocycles. The monoisotopic (exact) mass is 224 g/mol. The van der Waals surface area contributed by atoms with Crippen LogP contribution in [0.4, 0.5) is 0 Å². The lowest BCUT2D eigenvalue weighted by molar-refractivity contribution is -0.140. The Morgan fingerprint density at radius 2 is 2.12 bits per heavy atom. The molecular weight excluding hydrogens is 200 g/mol. The molecular formula is C13H24N2O. The van der Waals surface area contributed by atoms with Crippen LogP contribution in [0.25, 0.3) is 0 Å². The van der Waals surface area contributed by atoms with E-state index in [2.05, 4.69) is 24.1 Å². The molecule has 16 heavy (non-hydrogen) atoms. The van der Waals surface area contributed by atoms with Gasteiger partial charge in [-0.05, 0) is 45.1 Å². The number of amides is 1. The van der Waals surface area contributed by atoms with Crippen LogP contribution in [0.1, 0.15) is 46.0 Å². The van der Waals surface area contributed by atoms with Gasteiger partial charge in [0.2, 0.25) is 5.91 Å². The molecule has 1 saturated heterocycles. The van der Waals surface area contributed by atoms with Crippen molar-refractivity contribution in [1.29, 1.82) is 0 Å². The molecule has 1 aliphatic heterocycles. The first-order chi connectivity index (χ1) is 7.74. The fourth-order valence-electron chi connectivity index (χ4n) is 2.92. The van der Waals surface area contributed by atoms with Gasteiger partial charge in [0, 0.05) is 12.6 Å². The van der Waals surface area contributed by atoms with Gasteiger partial charge in [-0.25, -0.2) is 0 Å². The second-order valence-electron chi connectivity index (χ2n) is 5.22. The lowest BCUT2D eigenvalue weighted by Crippen LogP contribution is -2.55. The maximum atomic E-state index is 12.3. The lowest BCUT2D eigenvalue weighted by Gasteiger charge is -2.43. The SMILES string of the molecule is CCNC1CCCN(C(C)C2CCC2)C1=O. The van der Waals surface area contributed by atoms with Crippen molar-refractivity contribution in [3.05, 3.63) is 0 Å². The Morgan fingerprint density at radius 3 is 2.69 bits per heavy atom. The van der Waals surface area contributed by atoms with Gasteiger partial charge in [-0.15, -0.1) is 0 Å². The van der Waals surface area contributed by atoms with E-state index >= 15 is 0 Å². The molecule has 0 bridgehead atoms. The number of likely N-dealkylation sites (N-methyl/N-ethyl adjacent to an activating group) is 1. The van der Waals surface area contributed by atoms with Crippen LogP contribution in [-0.4, -0.2) is 36.0 Å². The zero-order valence-electron chi connectivity index (χ0n) is 10.5. The summed E-state index contributed by atoms with van der Waals surface area (Å²) in [4.78, 5) is 14.4. The van der Waals surface area contributed by atoms with Gasteiger partial charge in [-0.2, -0.15) is 0 Å². The summed E-state index contributed by atoms with van der Waals surface area (Å²) in [5.74, 6) is 1.11. The van der Waals surface area contributed by atoms with Crippen molar-refractivity contribution in [3.8, 4) is 0 Å². The van der Waals surface area contributed by atoms with Gasteiger partial charge < -0.3 is 10.2 Å². The Labute approximate surface area is 98.6 Å². The standard InChI is InChI=1S/C13H24N2O/c1-3-14-12-8-5-9-15(13(12)16)10(2)11-6-4-7-11/h10-12,14H,3-9H2,1-2H3. The van der Waals surface area contributed by atoms with E-state index in [-0.39, 0.29) is 6.04 Å². The smallest absolute Gasteiger partial charge is 0.239 e. The van der Waals surface area contributed by atoms with Crippen molar-refractivity contribution in [2.75, 3.05) is 13.1 Å². The summed E-state index contributed by atoms with van der Waals surface area (Å²) >= 11 is 0. The fourth-order valence-corrected chi connectivity index (χ4v) is 2.92. The van der Waals surface area contributed by atoms with Crippen molar-refractivity contribution >= 4 is 5.91 Å². The number of nitrogens with zero attached hydrogens (tertiary/aromatic N) is 1. The van der Waals surface area contributed by atoms with Crippen molar-refractivity contribution in [2.24, 2.45) is 5.92 Å². The highest BCUT2D eigenvalue weighted by Gasteiger charge is 2.35. The molecule has 1 amide bonds. The average molecular weight is 224 g/mol. The molecule has 0 aromatic rings. The summed E-state index contributed by atoms with van der Waals surface area (Å²) in [6.07, 6.45) is 6.16. The molecule has 1 aliphatic carbocycles. The number of rotatable bonds is 4. The third-order valence-corrected chi connectivity index (χ3v) is 4.25. The number of hydrogen-bond acceptors (Lipinski definition) is 2. The second-order valence-corrected chi connectivity index (χ2v) is 5.22. The molecule has 1 N–H and O–H groups in total.